The predicted molar refractivity (Wildman–Crippen MR) is 144 cm³/mol. The average Bonchev–Trinajstić information content (AvgIpc) is 2.90. The van der Waals surface area contributed by atoms with Gasteiger partial charge in [-0.05, 0) is 55.8 Å². The molecule has 9 heteroatoms. The van der Waals surface area contributed by atoms with Crippen LogP contribution in [0.4, 0.5) is 27.8 Å². The molecule has 2 heterocycles. The van der Waals surface area contributed by atoms with Gasteiger partial charge in [0.1, 0.15) is 0 Å². The SMILES string of the molecule is CCCC(=O)Nc1ccc(-c2ccnc(Nc3ccc(N4CCN(C(=O)NCC)CC4)cc3)n2)cc1. The lowest BCUT2D eigenvalue weighted by molar-refractivity contribution is -0.116. The normalized spacial score (nSPS) is 13.3. The third-order valence-corrected chi connectivity index (χ3v) is 5.98. The summed E-state index contributed by atoms with van der Waals surface area (Å²) in [6, 6.07) is 17.7. The van der Waals surface area contributed by atoms with Crippen LogP contribution in [0.2, 0.25) is 0 Å². The number of piperazine rings is 1. The van der Waals surface area contributed by atoms with Crippen LogP contribution in [0.3, 0.4) is 0 Å². The summed E-state index contributed by atoms with van der Waals surface area (Å²) in [5.41, 5.74) is 4.52. The van der Waals surface area contributed by atoms with Gasteiger partial charge in [0.15, 0.2) is 0 Å². The fourth-order valence-corrected chi connectivity index (χ4v) is 4.07. The first-order chi connectivity index (χ1) is 17.6. The number of nitrogens with zero attached hydrogens (tertiary/aromatic N) is 4. The van der Waals surface area contributed by atoms with Crippen LogP contribution >= 0.6 is 0 Å². The fraction of sp³-hybridized carbons (Fsp3) is 0.333. The molecule has 0 atom stereocenters. The van der Waals surface area contributed by atoms with Crippen molar-refractivity contribution in [3.8, 4) is 11.3 Å². The largest absolute Gasteiger partial charge is 0.368 e. The minimum Gasteiger partial charge on any atom is -0.368 e. The van der Waals surface area contributed by atoms with Gasteiger partial charge in [-0.25, -0.2) is 14.8 Å². The second-order valence-corrected chi connectivity index (χ2v) is 8.62. The Morgan fingerprint density at radius 3 is 2.25 bits per heavy atom. The Morgan fingerprint density at radius 2 is 1.58 bits per heavy atom. The van der Waals surface area contributed by atoms with Crippen LogP contribution in [0.1, 0.15) is 26.7 Å². The molecule has 3 amide bonds. The second-order valence-electron chi connectivity index (χ2n) is 8.62. The molecule has 1 fully saturated rings. The van der Waals surface area contributed by atoms with Crippen molar-refractivity contribution in [2.45, 2.75) is 26.7 Å². The standard InChI is InChI=1S/C27H33N7O2/c1-3-5-25(35)30-21-8-6-20(7-9-21)24-14-15-29-26(32-24)31-22-10-12-23(13-11-22)33-16-18-34(19-17-33)27(36)28-4-2/h6-15H,3-5,16-19H2,1-2H3,(H,28,36)(H,30,35)(H,29,31,32). The Kier molecular flexibility index (Phi) is 8.33. The minimum absolute atomic E-state index is 0.00798. The highest BCUT2D eigenvalue weighted by Gasteiger charge is 2.20. The van der Waals surface area contributed by atoms with Crippen LogP contribution in [0.25, 0.3) is 11.3 Å². The monoisotopic (exact) mass is 487 g/mol. The number of anilines is 4. The van der Waals surface area contributed by atoms with Crippen LogP contribution in [0.5, 0.6) is 0 Å². The van der Waals surface area contributed by atoms with E-state index in [1.54, 1.807) is 6.20 Å². The number of aromatic nitrogens is 2. The highest BCUT2D eigenvalue weighted by molar-refractivity contribution is 5.90. The van der Waals surface area contributed by atoms with Gasteiger partial charge in [-0.15, -0.1) is 0 Å². The number of nitrogens with one attached hydrogen (secondary N) is 3. The Hall–Kier alpha value is -4.14. The number of urea groups is 1. The van der Waals surface area contributed by atoms with Gasteiger partial charge in [0, 0.05) is 68.0 Å². The van der Waals surface area contributed by atoms with Crippen molar-refractivity contribution < 1.29 is 9.59 Å². The van der Waals surface area contributed by atoms with E-state index in [2.05, 4.69) is 43.0 Å². The Balaban J connectivity index is 1.35. The number of hydrogen-bond donors (Lipinski definition) is 3. The highest BCUT2D eigenvalue weighted by atomic mass is 16.2. The lowest BCUT2D eigenvalue weighted by atomic mass is 10.1. The lowest BCUT2D eigenvalue weighted by Gasteiger charge is -2.36. The summed E-state index contributed by atoms with van der Waals surface area (Å²) in [6.07, 6.45) is 3.06. The van der Waals surface area contributed by atoms with Crippen LogP contribution < -0.4 is 20.9 Å². The van der Waals surface area contributed by atoms with E-state index in [0.717, 1.165) is 47.8 Å². The number of hydrogen-bond acceptors (Lipinski definition) is 6. The van der Waals surface area contributed by atoms with E-state index in [1.807, 2.05) is 61.2 Å². The van der Waals surface area contributed by atoms with E-state index in [0.29, 0.717) is 32.0 Å². The molecule has 1 aliphatic rings. The zero-order valence-corrected chi connectivity index (χ0v) is 20.8. The molecule has 1 aromatic heterocycles. The molecule has 3 N–H and O–H groups in total. The van der Waals surface area contributed by atoms with E-state index in [4.69, 9.17) is 0 Å². The minimum atomic E-state index is 0.00798. The molecule has 4 rings (SSSR count). The van der Waals surface area contributed by atoms with Gasteiger partial charge < -0.3 is 25.8 Å². The third kappa shape index (κ3) is 6.50. The summed E-state index contributed by atoms with van der Waals surface area (Å²) >= 11 is 0. The molecule has 0 saturated carbocycles. The third-order valence-electron chi connectivity index (χ3n) is 5.98. The van der Waals surface area contributed by atoms with Crippen molar-refractivity contribution in [1.82, 2.24) is 20.2 Å². The van der Waals surface area contributed by atoms with Gasteiger partial charge in [-0.1, -0.05) is 19.1 Å². The van der Waals surface area contributed by atoms with Crippen molar-refractivity contribution in [1.29, 1.82) is 0 Å². The Morgan fingerprint density at radius 1 is 0.889 bits per heavy atom. The summed E-state index contributed by atoms with van der Waals surface area (Å²) < 4.78 is 0. The van der Waals surface area contributed by atoms with Crippen molar-refractivity contribution in [2.24, 2.45) is 0 Å². The molecule has 1 aliphatic heterocycles. The molecule has 0 aliphatic carbocycles. The lowest BCUT2D eigenvalue weighted by Crippen LogP contribution is -2.51. The van der Waals surface area contributed by atoms with Crippen LogP contribution in [-0.4, -0.2) is 59.5 Å². The van der Waals surface area contributed by atoms with Crippen molar-refractivity contribution >= 4 is 34.9 Å². The van der Waals surface area contributed by atoms with Crippen molar-refractivity contribution in [2.75, 3.05) is 48.3 Å². The molecule has 0 bridgehead atoms. The summed E-state index contributed by atoms with van der Waals surface area (Å²) in [5, 5.41) is 9.03. The molecule has 0 unspecified atom stereocenters. The van der Waals surface area contributed by atoms with Gasteiger partial charge in [0.05, 0.1) is 5.69 Å². The van der Waals surface area contributed by atoms with Gasteiger partial charge in [0.25, 0.3) is 0 Å². The number of amides is 3. The molecule has 0 radical (unpaired) electrons. The zero-order valence-electron chi connectivity index (χ0n) is 20.8. The maximum Gasteiger partial charge on any atom is 0.317 e. The zero-order chi connectivity index (χ0) is 25.3. The molecule has 1 saturated heterocycles. The van der Waals surface area contributed by atoms with E-state index >= 15 is 0 Å². The first kappa shape index (κ1) is 25.0. The first-order valence-electron chi connectivity index (χ1n) is 12.4. The number of benzene rings is 2. The summed E-state index contributed by atoms with van der Waals surface area (Å²) in [6.45, 7) is 7.57. The average molecular weight is 488 g/mol. The Bertz CT molecular complexity index is 1160. The van der Waals surface area contributed by atoms with Gasteiger partial charge in [0.2, 0.25) is 11.9 Å². The van der Waals surface area contributed by atoms with Gasteiger partial charge >= 0.3 is 6.03 Å². The predicted octanol–water partition coefficient (Wildman–Crippen LogP) is 4.48. The second kappa shape index (κ2) is 12.0. The molecule has 2 aromatic carbocycles. The molecule has 188 valence electrons. The quantitative estimate of drug-likeness (QED) is 0.433. The van der Waals surface area contributed by atoms with E-state index in [9.17, 15) is 9.59 Å². The van der Waals surface area contributed by atoms with Crippen LogP contribution in [-0.2, 0) is 4.79 Å². The summed E-state index contributed by atoms with van der Waals surface area (Å²) in [4.78, 5) is 37.0. The Labute approximate surface area is 211 Å². The molecular weight excluding hydrogens is 454 g/mol. The first-order valence-corrected chi connectivity index (χ1v) is 12.4. The fourth-order valence-electron chi connectivity index (χ4n) is 4.07. The maximum atomic E-state index is 12.0. The maximum absolute atomic E-state index is 12.0. The van der Waals surface area contributed by atoms with E-state index in [-0.39, 0.29) is 11.9 Å². The summed E-state index contributed by atoms with van der Waals surface area (Å²) in [7, 11) is 0. The highest BCUT2D eigenvalue weighted by Crippen LogP contribution is 2.24. The molecular formula is C27H33N7O2. The summed E-state index contributed by atoms with van der Waals surface area (Å²) in [5.74, 6) is 0.530. The van der Waals surface area contributed by atoms with Crippen LogP contribution in [0.15, 0.2) is 60.8 Å². The number of carbonyl (C=O) groups excluding carboxylic acids is 2. The smallest absolute Gasteiger partial charge is 0.317 e. The van der Waals surface area contributed by atoms with Gasteiger partial charge in [-0.2, -0.15) is 0 Å². The number of rotatable bonds is 8. The van der Waals surface area contributed by atoms with Crippen molar-refractivity contribution in [3.05, 3.63) is 60.8 Å². The van der Waals surface area contributed by atoms with Gasteiger partial charge in [-0.3, -0.25) is 4.79 Å². The van der Waals surface area contributed by atoms with E-state index in [1.165, 1.54) is 0 Å². The topological polar surface area (TPSA) is 102 Å². The molecule has 36 heavy (non-hydrogen) atoms. The molecule has 0 spiro atoms. The van der Waals surface area contributed by atoms with Crippen LogP contribution in [0, 0.1) is 0 Å². The number of carbonyl (C=O) groups is 2. The van der Waals surface area contributed by atoms with E-state index < -0.39 is 0 Å². The van der Waals surface area contributed by atoms with Crippen molar-refractivity contribution in [3.63, 3.8) is 0 Å². The molecule has 3 aromatic rings. The molecule has 9 nitrogen and oxygen atoms in total.